The minimum Gasteiger partial charge on any atom is -0.397 e. The molecule has 102 valence electrons. The van der Waals surface area contributed by atoms with Crippen LogP contribution in [0, 0.1) is 0 Å². The van der Waals surface area contributed by atoms with Gasteiger partial charge in [0.05, 0.1) is 11.2 Å². The van der Waals surface area contributed by atoms with Crippen LogP contribution in [0.15, 0.2) is 30.5 Å². The van der Waals surface area contributed by atoms with Gasteiger partial charge in [-0.2, -0.15) is 11.8 Å². The molecule has 0 spiro atoms. The van der Waals surface area contributed by atoms with E-state index in [-0.39, 0.29) is 0 Å². The first-order valence-corrected chi connectivity index (χ1v) is 8.08. The number of fused-ring (bicyclic) bond motifs is 1. The van der Waals surface area contributed by atoms with E-state index in [1.807, 2.05) is 30.0 Å². The number of benzene rings is 1. The number of anilines is 2. The molecule has 2 aromatic rings. The Morgan fingerprint density at radius 3 is 2.95 bits per heavy atom. The summed E-state index contributed by atoms with van der Waals surface area (Å²) in [5, 5.41) is 4.59. The van der Waals surface area contributed by atoms with E-state index < -0.39 is 0 Å². The Hall–Kier alpha value is -1.42. The molecule has 0 saturated heterocycles. The number of pyridine rings is 1. The number of unbranched alkanes of at least 4 members (excludes halogenated alkanes) is 2. The molecule has 0 aliphatic heterocycles. The van der Waals surface area contributed by atoms with E-state index in [0.29, 0.717) is 0 Å². The summed E-state index contributed by atoms with van der Waals surface area (Å²) in [6.45, 7) is 1.00. The summed E-state index contributed by atoms with van der Waals surface area (Å²) in [5.41, 5.74) is 8.69. The maximum atomic E-state index is 5.94. The molecule has 0 saturated carbocycles. The molecule has 1 aromatic heterocycles. The Balaban J connectivity index is 1.96. The van der Waals surface area contributed by atoms with Gasteiger partial charge in [-0.25, -0.2) is 0 Å². The summed E-state index contributed by atoms with van der Waals surface area (Å²) >= 11 is 1.92. The molecule has 0 aliphatic carbocycles. The second-order valence-electron chi connectivity index (χ2n) is 4.58. The van der Waals surface area contributed by atoms with E-state index in [1.54, 1.807) is 6.20 Å². The molecule has 0 amide bonds. The Kier molecular flexibility index (Phi) is 5.33. The van der Waals surface area contributed by atoms with Crippen LogP contribution in [0.3, 0.4) is 0 Å². The number of hydrogen-bond acceptors (Lipinski definition) is 4. The summed E-state index contributed by atoms with van der Waals surface area (Å²) in [5.74, 6) is 1.26. The molecule has 0 fully saturated rings. The van der Waals surface area contributed by atoms with Crippen molar-refractivity contribution >= 4 is 34.0 Å². The van der Waals surface area contributed by atoms with Crippen LogP contribution in [0.5, 0.6) is 0 Å². The normalized spacial score (nSPS) is 10.8. The first kappa shape index (κ1) is 14.0. The molecule has 0 unspecified atom stereocenters. The molecular weight excluding hydrogens is 254 g/mol. The van der Waals surface area contributed by atoms with Gasteiger partial charge in [0.15, 0.2) is 0 Å². The van der Waals surface area contributed by atoms with Crippen molar-refractivity contribution in [3.63, 3.8) is 0 Å². The number of thioether (sulfide) groups is 1. The topological polar surface area (TPSA) is 50.9 Å². The van der Waals surface area contributed by atoms with Crippen molar-refractivity contribution in [1.29, 1.82) is 0 Å². The molecule has 0 aliphatic rings. The molecule has 19 heavy (non-hydrogen) atoms. The third-order valence-electron chi connectivity index (χ3n) is 3.14. The minimum absolute atomic E-state index is 0.737. The molecule has 0 radical (unpaired) electrons. The summed E-state index contributed by atoms with van der Waals surface area (Å²) in [7, 11) is 0. The van der Waals surface area contributed by atoms with Crippen LogP contribution in [0.2, 0.25) is 0 Å². The fourth-order valence-corrected chi connectivity index (χ4v) is 2.61. The average molecular weight is 275 g/mol. The lowest BCUT2D eigenvalue weighted by molar-refractivity contribution is 0.750. The lowest BCUT2D eigenvalue weighted by Gasteiger charge is -2.10. The van der Waals surface area contributed by atoms with E-state index in [4.69, 9.17) is 5.73 Å². The lowest BCUT2D eigenvalue weighted by atomic mass is 10.1. The Morgan fingerprint density at radius 2 is 2.11 bits per heavy atom. The van der Waals surface area contributed by atoms with Crippen molar-refractivity contribution in [3.8, 4) is 0 Å². The van der Waals surface area contributed by atoms with Crippen molar-refractivity contribution in [2.75, 3.05) is 29.6 Å². The Labute approximate surface area is 119 Å². The van der Waals surface area contributed by atoms with Crippen LogP contribution >= 0.6 is 11.8 Å². The largest absolute Gasteiger partial charge is 0.397 e. The second-order valence-corrected chi connectivity index (χ2v) is 5.57. The Bertz CT molecular complexity index is 528. The first-order valence-electron chi connectivity index (χ1n) is 6.69. The maximum Gasteiger partial charge on any atom is 0.0951 e. The molecular formula is C15H21N3S. The number of nitrogens with two attached hydrogens (primary N) is 1. The van der Waals surface area contributed by atoms with Crippen molar-refractivity contribution in [2.45, 2.75) is 19.3 Å². The third-order valence-corrected chi connectivity index (χ3v) is 3.84. The van der Waals surface area contributed by atoms with E-state index in [0.717, 1.165) is 28.8 Å². The zero-order valence-corrected chi connectivity index (χ0v) is 12.2. The number of nitrogen functional groups attached to an aromatic ring is 1. The van der Waals surface area contributed by atoms with E-state index in [9.17, 15) is 0 Å². The van der Waals surface area contributed by atoms with Crippen LogP contribution in [-0.4, -0.2) is 23.5 Å². The van der Waals surface area contributed by atoms with E-state index in [2.05, 4.69) is 22.6 Å². The Morgan fingerprint density at radius 1 is 1.21 bits per heavy atom. The molecule has 3 nitrogen and oxygen atoms in total. The maximum absolute atomic E-state index is 5.94. The SMILES string of the molecule is CSCCCCCNc1ccc(N)c2ncccc12. The molecule has 0 bridgehead atoms. The van der Waals surface area contributed by atoms with Crippen molar-refractivity contribution in [1.82, 2.24) is 4.98 Å². The van der Waals surface area contributed by atoms with Crippen molar-refractivity contribution in [2.24, 2.45) is 0 Å². The average Bonchev–Trinajstić information content (AvgIpc) is 2.45. The molecule has 2 rings (SSSR count). The quantitative estimate of drug-likeness (QED) is 0.596. The van der Waals surface area contributed by atoms with Crippen molar-refractivity contribution in [3.05, 3.63) is 30.5 Å². The van der Waals surface area contributed by atoms with E-state index in [1.165, 1.54) is 25.0 Å². The molecule has 1 heterocycles. The van der Waals surface area contributed by atoms with Crippen molar-refractivity contribution < 1.29 is 0 Å². The molecule has 3 N–H and O–H groups in total. The molecule has 1 aromatic carbocycles. The van der Waals surface area contributed by atoms with Crippen LogP contribution in [0.4, 0.5) is 11.4 Å². The predicted molar refractivity (Wildman–Crippen MR) is 86.9 cm³/mol. The summed E-state index contributed by atoms with van der Waals surface area (Å²) in [6.07, 6.45) is 7.72. The number of aromatic nitrogens is 1. The van der Waals surface area contributed by atoms with Gasteiger partial charge >= 0.3 is 0 Å². The van der Waals surface area contributed by atoms with Gasteiger partial charge in [-0.05, 0) is 49.1 Å². The number of nitrogens with zero attached hydrogens (tertiary/aromatic N) is 1. The fourth-order valence-electron chi connectivity index (χ4n) is 2.12. The van der Waals surface area contributed by atoms with E-state index >= 15 is 0 Å². The highest BCUT2D eigenvalue weighted by atomic mass is 32.2. The second kappa shape index (κ2) is 7.24. The monoisotopic (exact) mass is 275 g/mol. The van der Waals surface area contributed by atoms with Crippen LogP contribution in [0.25, 0.3) is 10.9 Å². The highest BCUT2D eigenvalue weighted by molar-refractivity contribution is 7.98. The van der Waals surface area contributed by atoms with Gasteiger partial charge < -0.3 is 11.1 Å². The highest BCUT2D eigenvalue weighted by Crippen LogP contribution is 2.26. The summed E-state index contributed by atoms with van der Waals surface area (Å²) < 4.78 is 0. The first-order chi connectivity index (χ1) is 9.33. The zero-order valence-electron chi connectivity index (χ0n) is 11.4. The van der Waals surface area contributed by atoms with Crippen LogP contribution in [-0.2, 0) is 0 Å². The smallest absolute Gasteiger partial charge is 0.0951 e. The summed E-state index contributed by atoms with van der Waals surface area (Å²) in [4.78, 5) is 4.34. The number of rotatable bonds is 7. The third kappa shape index (κ3) is 3.77. The van der Waals surface area contributed by atoms with Gasteiger partial charge in [0, 0.05) is 23.8 Å². The van der Waals surface area contributed by atoms with Gasteiger partial charge in [-0.3, -0.25) is 4.98 Å². The van der Waals surface area contributed by atoms with Gasteiger partial charge in [-0.1, -0.05) is 6.42 Å². The zero-order chi connectivity index (χ0) is 13.5. The van der Waals surface area contributed by atoms with Gasteiger partial charge in [0.2, 0.25) is 0 Å². The molecule has 0 atom stereocenters. The fraction of sp³-hybridized carbons (Fsp3) is 0.400. The summed E-state index contributed by atoms with van der Waals surface area (Å²) in [6, 6.07) is 7.98. The molecule has 4 heteroatoms. The standard InChI is InChI=1S/C15H21N3S/c1-19-11-4-2-3-9-17-14-8-7-13(16)15-12(14)6-5-10-18-15/h5-8,10,17H,2-4,9,11,16H2,1H3. The number of nitrogens with one attached hydrogen (secondary N) is 1. The predicted octanol–water partition coefficient (Wildman–Crippen LogP) is 3.76. The number of hydrogen-bond donors (Lipinski definition) is 2. The minimum atomic E-state index is 0.737. The van der Waals surface area contributed by atoms with Crippen LogP contribution in [0.1, 0.15) is 19.3 Å². The van der Waals surface area contributed by atoms with Crippen LogP contribution < -0.4 is 11.1 Å². The highest BCUT2D eigenvalue weighted by Gasteiger charge is 2.03. The van der Waals surface area contributed by atoms with Gasteiger partial charge in [0.1, 0.15) is 0 Å². The lowest BCUT2D eigenvalue weighted by Crippen LogP contribution is -2.03. The van der Waals surface area contributed by atoms with Gasteiger partial charge in [0.25, 0.3) is 0 Å². The van der Waals surface area contributed by atoms with Gasteiger partial charge in [-0.15, -0.1) is 0 Å².